The molecule has 2 unspecified atom stereocenters. The van der Waals surface area contributed by atoms with Crippen molar-refractivity contribution in [3.05, 3.63) is 34.1 Å². The number of amides is 2. The highest BCUT2D eigenvalue weighted by Gasteiger charge is 2.36. The van der Waals surface area contributed by atoms with Crippen molar-refractivity contribution in [2.45, 2.75) is 25.4 Å². The summed E-state index contributed by atoms with van der Waals surface area (Å²) in [6, 6.07) is 3.72. The zero-order chi connectivity index (χ0) is 14.2. The maximum atomic E-state index is 13.0. The summed E-state index contributed by atoms with van der Waals surface area (Å²) in [5.74, 6) is -0.738. The summed E-state index contributed by atoms with van der Waals surface area (Å²) >= 11 is 3.29. The van der Waals surface area contributed by atoms with Gasteiger partial charge in [-0.05, 0) is 24.6 Å². The second kappa shape index (κ2) is 5.38. The Bertz CT molecular complexity index is 535. The van der Waals surface area contributed by atoms with Crippen molar-refractivity contribution in [1.29, 1.82) is 0 Å². The van der Waals surface area contributed by atoms with Gasteiger partial charge in [0, 0.05) is 17.6 Å². The van der Waals surface area contributed by atoms with Crippen molar-refractivity contribution >= 4 is 27.7 Å². The van der Waals surface area contributed by atoms with Crippen LogP contribution in [0.2, 0.25) is 0 Å². The number of nitrogens with one attached hydrogen (secondary N) is 1. The number of likely N-dealkylation sites (N-methyl/N-ethyl adjacent to an activating group) is 1. The van der Waals surface area contributed by atoms with E-state index in [4.69, 9.17) is 0 Å². The molecule has 2 atom stereocenters. The van der Waals surface area contributed by atoms with Crippen molar-refractivity contribution in [3.63, 3.8) is 0 Å². The lowest BCUT2D eigenvalue weighted by molar-refractivity contribution is -0.137. The smallest absolute Gasteiger partial charge is 0.246 e. The number of halogens is 2. The number of benzene rings is 1. The van der Waals surface area contributed by atoms with E-state index in [9.17, 15) is 14.0 Å². The third-order valence-electron chi connectivity index (χ3n) is 3.26. The van der Waals surface area contributed by atoms with Crippen LogP contribution >= 0.6 is 15.9 Å². The van der Waals surface area contributed by atoms with Crippen LogP contribution in [0.1, 0.15) is 24.9 Å². The molecular formula is C13H14BrFN2O2. The zero-order valence-corrected chi connectivity index (χ0v) is 12.2. The average molecular weight is 329 g/mol. The molecule has 0 spiro atoms. The number of rotatable bonds is 3. The molecule has 0 saturated carbocycles. The lowest BCUT2D eigenvalue weighted by atomic mass is 10.1. The van der Waals surface area contributed by atoms with E-state index in [-0.39, 0.29) is 30.1 Å². The molecule has 19 heavy (non-hydrogen) atoms. The average Bonchev–Trinajstić information content (AvgIpc) is 2.57. The molecule has 1 heterocycles. The van der Waals surface area contributed by atoms with Crippen molar-refractivity contribution < 1.29 is 14.0 Å². The first-order valence-corrected chi connectivity index (χ1v) is 6.71. The highest BCUT2D eigenvalue weighted by molar-refractivity contribution is 9.10. The van der Waals surface area contributed by atoms with Crippen molar-refractivity contribution in [3.8, 4) is 0 Å². The van der Waals surface area contributed by atoms with E-state index in [1.807, 2.05) is 6.92 Å². The number of imide groups is 1. The molecule has 2 rings (SSSR count). The van der Waals surface area contributed by atoms with Crippen molar-refractivity contribution in [2.75, 3.05) is 7.05 Å². The Kier molecular flexibility index (Phi) is 4.01. The predicted molar refractivity (Wildman–Crippen MR) is 71.8 cm³/mol. The summed E-state index contributed by atoms with van der Waals surface area (Å²) < 4.78 is 13.7. The van der Waals surface area contributed by atoms with Gasteiger partial charge in [0.2, 0.25) is 11.8 Å². The first kappa shape index (κ1) is 14.1. The van der Waals surface area contributed by atoms with Gasteiger partial charge in [-0.15, -0.1) is 0 Å². The van der Waals surface area contributed by atoms with E-state index in [0.29, 0.717) is 4.47 Å². The summed E-state index contributed by atoms with van der Waals surface area (Å²) in [6.45, 7) is 1.87. The van der Waals surface area contributed by atoms with Gasteiger partial charge in [-0.3, -0.25) is 19.8 Å². The van der Waals surface area contributed by atoms with Gasteiger partial charge in [-0.2, -0.15) is 0 Å². The molecule has 6 heteroatoms. The van der Waals surface area contributed by atoms with Crippen LogP contribution in [-0.2, 0) is 9.59 Å². The lowest BCUT2D eigenvalue weighted by Gasteiger charge is -2.19. The first-order valence-electron chi connectivity index (χ1n) is 5.91. The minimum absolute atomic E-state index is 0.164. The third-order valence-corrected chi connectivity index (χ3v) is 3.95. The molecule has 1 aromatic rings. The number of hydrogen-bond acceptors (Lipinski definition) is 3. The van der Waals surface area contributed by atoms with Gasteiger partial charge in [0.1, 0.15) is 5.82 Å². The molecule has 2 amide bonds. The molecule has 0 aliphatic carbocycles. The van der Waals surface area contributed by atoms with Gasteiger partial charge in [0.25, 0.3) is 0 Å². The number of likely N-dealkylation sites (tertiary alicyclic amines) is 1. The van der Waals surface area contributed by atoms with Crippen LogP contribution in [0.3, 0.4) is 0 Å². The van der Waals surface area contributed by atoms with E-state index < -0.39 is 6.04 Å². The quantitative estimate of drug-likeness (QED) is 0.863. The van der Waals surface area contributed by atoms with Crippen LogP contribution in [0.5, 0.6) is 0 Å². The Hall–Kier alpha value is -1.27. The first-order chi connectivity index (χ1) is 8.90. The number of carbonyl (C=O) groups excluding carboxylic acids is 2. The minimum atomic E-state index is -0.510. The van der Waals surface area contributed by atoms with E-state index in [2.05, 4.69) is 21.2 Å². The summed E-state index contributed by atoms with van der Waals surface area (Å²) in [5, 5.41) is 3.10. The number of carbonyl (C=O) groups is 2. The Morgan fingerprint density at radius 3 is 2.68 bits per heavy atom. The Morgan fingerprint density at radius 1 is 1.47 bits per heavy atom. The molecule has 102 valence electrons. The molecule has 1 aromatic carbocycles. The largest absolute Gasteiger partial charge is 0.299 e. The monoisotopic (exact) mass is 328 g/mol. The fourth-order valence-electron chi connectivity index (χ4n) is 2.13. The van der Waals surface area contributed by atoms with Gasteiger partial charge in [-0.25, -0.2) is 4.39 Å². The van der Waals surface area contributed by atoms with Gasteiger partial charge < -0.3 is 0 Å². The van der Waals surface area contributed by atoms with Gasteiger partial charge in [0.05, 0.1) is 12.5 Å². The molecule has 1 saturated heterocycles. The maximum absolute atomic E-state index is 13.0. The lowest BCUT2D eigenvalue weighted by Crippen LogP contribution is -2.38. The van der Waals surface area contributed by atoms with E-state index in [1.165, 1.54) is 19.2 Å². The second-order valence-corrected chi connectivity index (χ2v) is 5.46. The molecule has 0 bridgehead atoms. The molecular weight excluding hydrogens is 315 g/mol. The van der Waals surface area contributed by atoms with E-state index in [1.54, 1.807) is 6.07 Å². The van der Waals surface area contributed by atoms with Crippen molar-refractivity contribution in [2.24, 2.45) is 0 Å². The van der Waals surface area contributed by atoms with Crippen LogP contribution in [0.4, 0.5) is 4.39 Å². The zero-order valence-electron chi connectivity index (χ0n) is 10.6. The van der Waals surface area contributed by atoms with Crippen LogP contribution in [0.15, 0.2) is 22.7 Å². The number of nitrogens with zero attached hydrogens (tertiary/aromatic N) is 1. The fourth-order valence-corrected chi connectivity index (χ4v) is 2.82. The highest BCUT2D eigenvalue weighted by atomic mass is 79.9. The molecule has 1 aliphatic rings. The molecule has 4 nitrogen and oxygen atoms in total. The summed E-state index contributed by atoms with van der Waals surface area (Å²) in [7, 11) is 1.48. The Balaban J connectivity index is 2.11. The molecule has 1 N–H and O–H groups in total. The maximum Gasteiger partial charge on any atom is 0.246 e. The minimum Gasteiger partial charge on any atom is -0.299 e. The Labute approximate surface area is 119 Å². The van der Waals surface area contributed by atoms with Crippen LogP contribution in [0.25, 0.3) is 0 Å². The molecule has 1 aliphatic heterocycles. The van der Waals surface area contributed by atoms with Crippen LogP contribution < -0.4 is 5.32 Å². The Morgan fingerprint density at radius 2 is 2.16 bits per heavy atom. The third kappa shape index (κ3) is 2.84. The summed E-state index contributed by atoms with van der Waals surface area (Å²) in [4.78, 5) is 24.4. The second-order valence-electron chi connectivity index (χ2n) is 4.60. The molecule has 1 fully saturated rings. The van der Waals surface area contributed by atoms with E-state index >= 15 is 0 Å². The van der Waals surface area contributed by atoms with Crippen molar-refractivity contribution in [1.82, 2.24) is 10.2 Å². The standard InChI is InChI=1S/C13H14BrFN2O2/c1-7(9-4-3-8(15)5-10(9)14)16-11-6-12(18)17(2)13(11)19/h3-5,7,11,16H,6H2,1-2H3. The van der Waals surface area contributed by atoms with Gasteiger partial charge >= 0.3 is 0 Å². The molecule has 0 aromatic heterocycles. The highest BCUT2D eigenvalue weighted by Crippen LogP contribution is 2.25. The normalized spacial score (nSPS) is 21.1. The number of hydrogen-bond donors (Lipinski definition) is 1. The summed E-state index contributed by atoms with van der Waals surface area (Å²) in [6.07, 6.45) is 0.165. The van der Waals surface area contributed by atoms with Crippen LogP contribution in [0, 0.1) is 5.82 Å². The van der Waals surface area contributed by atoms with Gasteiger partial charge in [0.15, 0.2) is 0 Å². The van der Waals surface area contributed by atoms with Crippen LogP contribution in [-0.4, -0.2) is 29.8 Å². The topological polar surface area (TPSA) is 49.4 Å². The predicted octanol–water partition coefficient (Wildman–Crippen LogP) is 2.00. The SMILES string of the molecule is CC(NC1CC(=O)N(C)C1=O)c1ccc(F)cc1Br. The van der Waals surface area contributed by atoms with Gasteiger partial charge in [-0.1, -0.05) is 22.0 Å². The molecule has 0 radical (unpaired) electrons. The summed E-state index contributed by atoms with van der Waals surface area (Å²) in [5.41, 5.74) is 0.844. The van der Waals surface area contributed by atoms with E-state index in [0.717, 1.165) is 10.5 Å². The fraction of sp³-hybridized carbons (Fsp3) is 0.385.